The lowest BCUT2D eigenvalue weighted by Crippen LogP contribution is -3.47. The van der Waals surface area contributed by atoms with Crippen molar-refractivity contribution in [2.24, 2.45) is 405 Å². The Bertz CT molecular complexity index is 8630. The third-order valence-electron chi connectivity index (χ3n) is 105. The molecule has 93 atom stereocenters. The minimum atomic E-state index is 0.387. The minimum Gasteiger partial charge on any atom is -0.0648 e. The van der Waals surface area contributed by atoms with E-state index in [-0.39, 0.29) is 0 Å². The van der Waals surface area contributed by atoms with E-state index in [1.807, 2.05) is 83.5 Å². The van der Waals surface area contributed by atoms with Crippen LogP contribution in [0.4, 0.5) is 0 Å². The van der Waals surface area contributed by atoms with Crippen LogP contribution in [0.3, 0.4) is 0 Å². The molecule has 65 aliphatic rings. The Kier molecular flexibility index (Phi) is 4.25. The van der Waals surface area contributed by atoms with Crippen molar-refractivity contribution in [2.45, 2.75) is 269 Å². The van der Waals surface area contributed by atoms with Crippen molar-refractivity contribution in [1.82, 2.24) is 0 Å². The van der Waals surface area contributed by atoms with Gasteiger partial charge in [-0.3, -0.25) is 0 Å². The first-order valence-electron chi connectivity index (χ1n) is 63.2. The lowest BCUT2D eigenvalue weighted by molar-refractivity contribution is -1.03. The molecule has 93 unspecified atom stereocenters. The van der Waals surface area contributed by atoms with Gasteiger partial charge < -0.3 is 0 Å². The fourth-order valence-electron chi connectivity index (χ4n) is 125. The van der Waals surface area contributed by atoms with Crippen LogP contribution in [0.5, 0.6) is 0 Å². The SMILES string of the molecule is CCC12C3(C)C4(C)C5(C)C6(CC)C41CC14C7C8C9C%10CC%11%12C%13%14CC%10C%10C%15C%16CC%17%18C%15(C)C%10%13C%10%13C(C)(C%15(C)C%19(C)C%20(C)C%21(C)CC%22%23CC%24%25C(C%16CC%24%17C%22%20C%19%18C%15%10CC)C%10C%15C%16C%17C%18C%19C%20CC%22C%24C(CC%26C%27C%28CC%29C%30C%31CC%32C%33C%34C7C1(C)C%341C%337C%31%32C%30%31C%29%28C%27%28C%265C61C%317%28)C1(C)C%245CC%22%20C%196CC57C1(C)C1(C)C5(C)C%19(C)C%20(C)C%21(C)C%23%21C%10%25C%15%10C%16%15C%17%16C%186C17C5%16C%19%15C%20%10%21)C1(C)C5(C)C3(C)C2(C9%11C84C)C5%12C1%14%13. The monoisotopic (exact) mass is 1730 g/mol. The van der Waals surface area contributed by atoms with E-state index in [9.17, 15) is 0 Å². The third-order valence-corrected chi connectivity index (χ3v) is 105. The Hall–Kier alpha value is 0. The van der Waals surface area contributed by atoms with Gasteiger partial charge in [-0.1, -0.05) is 166 Å². The normalized spacial score (nSPS) is 118. The molecule has 0 heteroatoms. The molecule has 39 spiro atoms. The number of fused-ring (bicyclic) bond motifs is 19. The molecular formula is C133H134. The zero-order valence-electron chi connectivity index (χ0n) is 84.1. The van der Waals surface area contributed by atoms with E-state index < -0.39 is 0 Å². The van der Waals surface area contributed by atoms with Crippen molar-refractivity contribution in [3.8, 4) is 0 Å². The van der Waals surface area contributed by atoms with Gasteiger partial charge in [0.2, 0.25) is 0 Å². The van der Waals surface area contributed by atoms with Crippen molar-refractivity contribution in [3.05, 3.63) is 114 Å². The van der Waals surface area contributed by atoms with Crippen LogP contribution in [0, 0.1) is 519 Å². The van der Waals surface area contributed by atoms with Crippen LogP contribution in [0.1, 0.15) is 269 Å². The highest BCUT2D eigenvalue weighted by Crippen LogP contribution is 3.67. The van der Waals surface area contributed by atoms with E-state index >= 15 is 0 Å². The van der Waals surface area contributed by atoms with Crippen LogP contribution < -0.4 is 0 Å². The van der Waals surface area contributed by atoms with Crippen LogP contribution in [-0.2, 0) is 0 Å². The van der Waals surface area contributed by atoms with Gasteiger partial charge in [0.1, 0.15) is 0 Å². The highest BCUT2D eigenvalue weighted by Gasteiger charge is 3.62. The van der Waals surface area contributed by atoms with Crippen LogP contribution >= 0.6 is 0 Å². The second kappa shape index (κ2) is 9.67. The highest BCUT2D eigenvalue weighted by molar-refractivity contribution is 6.63. The van der Waals surface area contributed by atoms with Crippen molar-refractivity contribution < 1.29 is 0 Å². The predicted octanol–water partition coefficient (Wildman–Crippen LogP) is 24.0. The van der Waals surface area contributed by atoms with Crippen molar-refractivity contribution in [3.63, 3.8) is 0 Å². The Morgan fingerprint density at radius 1 is 0.188 bits per heavy atom. The number of hydrogen-bond donors (Lipinski definition) is 0. The molecule has 133 heavy (non-hydrogen) atoms. The Labute approximate surface area is 782 Å². The van der Waals surface area contributed by atoms with Gasteiger partial charge in [-0.2, -0.15) is 0 Å². The summed E-state index contributed by atoms with van der Waals surface area (Å²) in [5.41, 5.74) is 38.9. The Morgan fingerprint density at radius 2 is 0.654 bits per heavy atom. The molecule has 0 amide bonds. The summed E-state index contributed by atoms with van der Waals surface area (Å²) in [4.78, 5) is 0. The van der Waals surface area contributed by atoms with E-state index in [0.717, 1.165) is 169 Å². The molecule has 65 fully saturated rings. The first-order chi connectivity index (χ1) is 63.2. The van der Waals surface area contributed by atoms with E-state index in [1.165, 1.54) is 101 Å². The van der Waals surface area contributed by atoms with E-state index in [4.69, 9.17) is 0 Å². The fourth-order valence-corrected chi connectivity index (χ4v) is 125. The molecule has 0 N–H and O–H groups in total. The highest BCUT2D eigenvalue weighted by atomic mass is 15.6. The summed E-state index contributed by atoms with van der Waals surface area (Å²) in [6.45, 7) is 86.8. The van der Waals surface area contributed by atoms with E-state index in [1.54, 1.807) is 19.3 Å². The molecule has 13 bridgehead atoms. The number of rotatable bonds is 3. The zero-order chi connectivity index (χ0) is 84.1. The van der Waals surface area contributed by atoms with Gasteiger partial charge in [-0.05, 0) is 621 Å². The number of hydrogen-bond acceptors (Lipinski definition) is 0. The standard InChI is InChI=1S/C133H134/c1-25-98-79(12)80(13)91(24)99(26-2)106(80,98)39-94-64-62-56-44-35-103-104-34-43(44)55-53-41-32-101-75(53,8)111(55,104)125-86(19,88(21)87(20)85(79,18)124(98,110(56,103)73(62,94)6)127(87,103)128(88,104)125)81(14)82(15)76(9)71(4)36-92-37-97-54(42(41)33-102(97,101)121(76,92)123(82,101)100(81,125)27-3)65-68-70-69-66-60-47-29-46-57-45(28-52-59-50-30-48-58-49-31-51-61-67-63(64)74(94,7)112(67)117(61)108(49,51)115(58)107(48,50)116(59)109(52,91)132(99,112)133(115,116)117)72(5)78(11)84(17)90(23)89(22)83(16)77(71,10)122(92)114(65,97)119(68)120(70)118(69)113(66)96(60)40-105(78,95(57,72)38-93(46,47)96)126(84,113)130(90,118)131(89,120)129(83,119)122/h41-70H,25-40H2,1-24H3. The van der Waals surface area contributed by atoms with Gasteiger partial charge in [0.25, 0.3) is 0 Å². The molecule has 0 aromatic rings. The van der Waals surface area contributed by atoms with Gasteiger partial charge >= 0.3 is 0 Å². The average Bonchev–Trinajstić information content (AvgIpc) is 1.35. The van der Waals surface area contributed by atoms with Crippen molar-refractivity contribution >= 4 is 0 Å². The summed E-state index contributed by atoms with van der Waals surface area (Å²) >= 11 is 0. The average molecular weight is 1730 g/mol. The van der Waals surface area contributed by atoms with Gasteiger partial charge in [-0.25, -0.2) is 0 Å². The molecule has 666 valence electrons. The summed E-state index contributed by atoms with van der Waals surface area (Å²) < 4.78 is 0. The molecule has 65 rings (SSSR count). The fraction of sp³-hybridized carbons (Fsp3) is 1.00. The van der Waals surface area contributed by atoms with Crippen LogP contribution in [-0.4, -0.2) is 0 Å². The van der Waals surface area contributed by atoms with Crippen molar-refractivity contribution in [1.29, 1.82) is 0 Å². The van der Waals surface area contributed by atoms with Crippen molar-refractivity contribution in [2.75, 3.05) is 0 Å². The Balaban J connectivity index is 0.570. The molecule has 65 saturated carbocycles. The summed E-state index contributed by atoms with van der Waals surface area (Å²) in [5.74, 6) is 35.4. The summed E-state index contributed by atoms with van der Waals surface area (Å²) in [5, 5.41) is 0. The lowest BCUT2D eigenvalue weighted by atomic mass is 8.51. The molecule has 0 aromatic heterocycles. The topological polar surface area (TPSA) is 0 Å². The Morgan fingerprint density at radius 3 is 1.35 bits per heavy atom. The molecule has 0 aliphatic heterocycles. The smallest absolute Gasteiger partial charge is 0.00110 e. The minimum absolute atomic E-state index is 0.387. The van der Waals surface area contributed by atoms with Gasteiger partial charge in [0.05, 0.1) is 0 Å². The quantitative estimate of drug-likeness (QED) is 0.264. The second-order valence-electron chi connectivity index (χ2n) is 80.2. The summed E-state index contributed by atoms with van der Waals surface area (Å²) in [7, 11) is 0. The van der Waals surface area contributed by atoms with Gasteiger partial charge in [0.15, 0.2) is 0 Å². The van der Waals surface area contributed by atoms with Crippen LogP contribution in [0.2, 0.25) is 0 Å². The first-order valence-corrected chi connectivity index (χ1v) is 63.2. The largest absolute Gasteiger partial charge is 0.0648 e. The molecule has 0 radical (unpaired) electrons. The molecule has 0 heterocycles. The maximum Gasteiger partial charge on any atom is -0.00110 e. The van der Waals surface area contributed by atoms with E-state index in [2.05, 4.69) is 166 Å². The third kappa shape index (κ3) is 1.60. The van der Waals surface area contributed by atoms with Crippen LogP contribution in [0.15, 0.2) is 0 Å². The van der Waals surface area contributed by atoms with Crippen LogP contribution in [0.25, 0.3) is 0 Å². The zero-order valence-corrected chi connectivity index (χ0v) is 84.1. The predicted molar refractivity (Wildman–Crippen MR) is 485 cm³/mol. The molecule has 0 saturated heterocycles. The summed E-state index contributed by atoms with van der Waals surface area (Å²) in [6, 6.07) is 0. The maximum atomic E-state index is 3.79. The lowest BCUT2D eigenvalue weighted by Gasteiger charge is -3.51. The van der Waals surface area contributed by atoms with Gasteiger partial charge in [0, 0.05) is 0 Å². The molecule has 65 aliphatic carbocycles. The molecule has 0 aromatic carbocycles. The van der Waals surface area contributed by atoms with E-state index in [0.29, 0.717) is 249 Å². The maximum absolute atomic E-state index is 3.79. The first kappa shape index (κ1) is 58.5. The van der Waals surface area contributed by atoms with Gasteiger partial charge in [-0.15, -0.1) is 0 Å². The second-order valence-corrected chi connectivity index (χ2v) is 80.2. The summed E-state index contributed by atoms with van der Waals surface area (Å²) in [6.07, 6.45) is 29.6. The molecule has 0 nitrogen and oxygen atoms in total. The molecular weight excluding hydrogens is 1600 g/mol.